The third-order valence-corrected chi connectivity index (χ3v) is 5.04. The van der Waals surface area contributed by atoms with Crippen LogP contribution in [0.4, 0.5) is 5.69 Å². The van der Waals surface area contributed by atoms with E-state index in [1.807, 2.05) is 0 Å². The molecule has 38 heavy (non-hydrogen) atoms. The van der Waals surface area contributed by atoms with Crippen molar-refractivity contribution in [2.24, 2.45) is 17.6 Å². The second kappa shape index (κ2) is 16.6. The predicted octanol–water partition coefficient (Wildman–Crippen LogP) is 3.45. The van der Waals surface area contributed by atoms with Crippen molar-refractivity contribution < 1.29 is 42.9 Å². The lowest BCUT2D eigenvalue weighted by Gasteiger charge is -2.21. The first-order chi connectivity index (χ1) is 17.3. The van der Waals surface area contributed by atoms with Crippen LogP contribution in [0.3, 0.4) is 0 Å². The topological polar surface area (TPSA) is 160 Å². The molecule has 3 N–H and O–H groups in total. The van der Waals surface area contributed by atoms with E-state index in [4.69, 9.17) is 24.7 Å². The van der Waals surface area contributed by atoms with Gasteiger partial charge < -0.3 is 30.0 Å². The molecule has 1 aromatic carbocycles. The molecule has 11 nitrogen and oxygen atoms in total. The zero-order valence-corrected chi connectivity index (χ0v) is 23.8. The molecule has 2 atom stereocenters. The Morgan fingerprint density at radius 1 is 0.816 bits per heavy atom. The maximum Gasteiger partial charge on any atom is 0.328 e. The number of anilines is 1. The van der Waals surface area contributed by atoms with E-state index < -0.39 is 53.6 Å². The summed E-state index contributed by atoms with van der Waals surface area (Å²) < 4.78 is 20.9. The Morgan fingerprint density at radius 3 is 1.87 bits per heavy atom. The Labute approximate surface area is 229 Å². The summed E-state index contributed by atoms with van der Waals surface area (Å²) >= 11 is 0. The average Bonchev–Trinajstić information content (AvgIpc) is 2.83. The van der Waals surface area contributed by atoms with Crippen LogP contribution in [-0.2, 0) is 28.7 Å². The summed E-state index contributed by atoms with van der Waals surface area (Å²) in [6.07, 6.45) is -0.283. The van der Waals surface area contributed by atoms with Gasteiger partial charge in [-0.3, -0.25) is 19.2 Å². The van der Waals surface area contributed by atoms with E-state index in [9.17, 15) is 24.0 Å². The number of nitrogens with two attached hydrogens (primary N) is 1. The lowest BCUT2D eigenvalue weighted by atomic mass is 9.99. The molecule has 0 unspecified atom stereocenters. The summed E-state index contributed by atoms with van der Waals surface area (Å²) in [5, 5.41) is 2.90. The average molecular weight is 559 g/mol. The van der Waals surface area contributed by atoms with Gasteiger partial charge in [0.15, 0.2) is 17.3 Å². The molecule has 0 amide bonds. The van der Waals surface area contributed by atoms with Gasteiger partial charge in [-0.05, 0) is 39.3 Å². The highest BCUT2D eigenvalue weighted by atomic mass is 35.5. The van der Waals surface area contributed by atoms with Gasteiger partial charge in [-0.1, -0.05) is 27.7 Å². The Bertz CT molecular complexity index is 995. The summed E-state index contributed by atoms with van der Waals surface area (Å²) in [5.74, 6) is -4.55. The van der Waals surface area contributed by atoms with E-state index >= 15 is 0 Å². The van der Waals surface area contributed by atoms with Gasteiger partial charge in [0.05, 0.1) is 30.6 Å². The molecule has 0 saturated heterocycles. The molecule has 0 fully saturated rings. The summed E-state index contributed by atoms with van der Waals surface area (Å²) in [4.78, 5) is 62.5. The molecule has 214 valence electrons. The number of carbonyl (C=O) groups excluding carboxylic acids is 5. The van der Waals surface area contributed by atoms with E-state index in [1.54, 1.807) is 41.5 Å². The number of nitrogens with one attached hydrogen (secondary N) is 1. The Morgan fingerprint density at radius 2 is 1.34 bits per heavy atom. The van der Waals surface area contributed by atoms with Gasteiger partial charge in [0.25, 0.3) is 0 Å². The summed E-state index contributed by atoms with van der Waals surface area (Å²) in [6.45, 7) is 11.6. The van der Waals surface area contributed by atoms with Crippen molar-refractivity contribution >= 4 is 47.8 Å². The molecule has 0 aromatic heterocycles. The van der Waals surface area contributed by atoms with Crippen molar-refractivity contribution in [1.82, 2.24) is 0 Å². The molecule has 0 aliphatic carbocycles. The van der Waals surface area contributed by atoms with Crippen LogP contribution >= 0.6 is 12.4 Å². The summed E-state index contributed by atoms with van der Waals surface area (Å²) in [6, 6.07) is 0.877. The summed E-state index contributed by atoms with van der Waals surface area (Å²) in [7, 11) is 0. The number of Topliss-reactive ketones (excluding diaryl/α,β-unsaturated/α-hetero) is 1. The Hall–Kier alpha value is -3.18. The first kappa shape index (κ1) is 34.8. The van der Waals surface area contributed by atoms with Gasteiger partial charge in [0, 0.05) is 12.1 Å². The zero-order chi connectivity index (χ0) is 28.3. The molecule has 0 heterocycles. The van der Waals surface area contributed by atoms with Gasteiger partial charge >= 0.3 is 23.9 Å². The largest absolute Gasteiger partial charge is 0.465 e. The third kappa shape index (κ3) is 10.3. The van der Waals surface area contributed by atoms with Crippen LogP contribution in [0, 0.1) is 11.8 Å². The highest BCUT2D eigenvalue weighted by Gasteiger charge is 2.29. The molecule has 1 rings (SSSR count). The fraction of sp³-hybridized carbons (Fsp3) is 0.577. The number of hydrogen-bond acceptors (Lipinski definition) is 11. The first-order valence-electron chi connectivity index (χ1n) is 12.3. The standard InChI is InChI=1S/C26H38N2O9.ClH/c1-8-34-25(32)16(7)28-18-11-13-20(36-23(30)14(3)4)22(37-24(31)15(5)6)21(18)19(29)12-10-17(27)26(33)35-9-2;/h11,13-17,28H,8-10,12,27H2,1-7H3;1H/t16-,17-;/m0./s1. The van der Waals surface area contributed by atoms with Crippen molar-refractivity contribution in [3.8, 4) is 11.5 Å². The smallest absolute Gasteiger partial charge is 0.328 e. The van der Waals surface area contributed by atoms with Gasteiger partial charge in [-0.15, -0.1) is 12.4 Å². The lowest BCUT2D eigenvalue weighted by Crippen LogP contribution is -2.33. The molecular formula is C26H39ClN2O9. The van der Waals surface area contributed by atoms with Crippen molar-refractivity contribution in [2.75, 3.05) is 18.5 Å². The van der Waals surface area contributed by atoms with Crippen LogP contribution < -0.4 is 20.5 Å². The second-order valence-corrected chi connectivity index (χ2v) is 8.91. The number of carbonyl (C=O) groups is 5. The van der Waals surface area contributed by atoms with E-state index in [0.29, 0.717) is 0 Å². The molecule has 12 heteroatoms. The zero-order valence-electron chi connectivity index (χ0n) is 23.0. The van der Waals surface area contributed by atoms with Crippen LogP contribution in [0.2, 0.25) is 0 Å². The minimum Gasteiger partial charge on any atom is -0.465 e. The van der Waals surface area contributed by atoms with Gasteiger partial charge in [-0.25, -0.2) is 4.79 Å². The summed E-state index contributed by atoms with van der Waals surface area (Å²) in [5.41, 5.74) is 5.87. The number of rotatable bonds is 14. The van der Waals surface area contributed by atoms with Crippen LogP contribution in [0.5, 0.6) is 11.5 Å². The van der Waals surface area contributed by atoms with Crippen LogP contribution in [-0.4, -0.2) is 55.0 Å². The van der Waals surface area contributed by atoms with Crippen molar-refractivity contribution in [3.05, 3.63) is 17.7 Å². The molecule has 0 bridgehead atoms. The number of halogens is 1. The minimum absolute atomic E-state index is 0. The fourth-order valence-electron chi connectivity index (χ4n) is 2.93. The van der Waals surface area contributed by atoms with E-state index in [2.05, 4.69) is 5.32 Å². The quantitative estimate of drug-likeness (QED) is 0.195. The first-order valence-corrected chi connectivity index (χ1v) is 12.3. The van der Waals surface area contributed by atoms with Crippen molar-refractivity contribution in [3.63, 3.8) is 0 Å². The second-order valence-electron chi connectivity index (χ2n) is 8.91. The van der Waals surface area contributed by atoms with Gasteiger partial charge in [-0.2, -0.15) is 0 Å². The van der Waals surface area contributed by atoms with E-state index in [1.165, 1.54) is 19.1 Å². The van der Waals surface area contributed by atoms with Crippen molar-refractivity contribution in [1.29, 1.82) is 0 Å². The monoisotopic (exact) mass is 558 g/mol. The Kier molecular flexibility index (Phi) is 15.2. The molecule has 0 saturated carbocycles. The van der Waals surface area contributed by atoms with Crippen molar-refractivity contribution in [2.45, 2.75) is 73.4 Å². The lowest BCUT2D eigenvalue weighted by molar-refractivity contribution is -0.145. The van der Waals surface area contributed by atoms with E-state index in [-0.39, 0.29) is 61.2 Å². The number of ketones is 1. The van der Waals surface area contributed by atoms with E-state index in [0.717, 1.165) is 0 Å². The predicted molar refractivity (Wildman–Crippen MR) is 143 cm³/mol. The maximum absolute atomic E-state index is 13.5. The number of ether oxygens (including phenoxy) is 4. The van der Waals surface area contributed by atoms with Crippen LogP contribution in [0.1, 0.15) is 71.7 Å². The molecule has 0 aliphatic heterocycles. The molecular weight excluding hydrogens is 520 g/mol. The SMILES string of the molecule is CCOC(=O)[C@H](C)Nc1ccc(OC(=O)C(C)C)c(OC(=O)C(C)C)c1C(=O)CC[C@H](N)C(=O)OCC.Cl. The molecule has 0 spiro atoms. The number of esters is 4. The molecule has 1 aromatic rings. The number of benzene rings is 1. The highest BCUT2D eigenvalue weighted by Crippen LogP contribution is 2.39. The fourth-order valence-corrected chi connectivity index (χ4v) is 2.93. The molecule has 0 radical (unpaired) electrons. The normalized spacial score (nSPS) is 12.2. The number of hydrogen-bond donors (Lipinski definition) is 2. The highest BCUT2D eigenvalue weighted by molar-refractivity contribution is 6.06. The Balaban J connectivity index is 0.0000137. The van der Waals surface area contributed by atoms with Crippen LogP contribution in [0.25, 0.3) is 0 Å². The minimum atomic E-state index is -1.05. The molecule has 0 aliphatic rings. The van der Waals surface area contributed by atoms with Gasteiger partial charge in [0.2, 0.25) is 0 Å². The van der Waals surface area contributed by atoms with Gasteiger partial charge in [0.1, 0.15) is 12.1 Å². The van der Waals surface area contributed by atoms with Crippen LogP contribution in [0.15, 0.2) is 12.1 Å². The maximum atomic E-state index is 13.5. The third-order valence-electron chi connectivity index (χ3n) is 5.04.